The van der Waals surface area contributed by atoms with E-state index in [1.54, 1.807) is 24.3 Å². The van der Waals surface area contributed by atoms with Gasteiger partial charge in [0.1, 0.15) is 11.6 Å². The van der Waals surface area contributed by atoms with E-state index in [0.29, 0.717) is 0 Å². The molecule has 0 aromatic heterocycles. The second-order valence-electron chi connectivity index (χ2n) is 9.64. The van der Waals surface area contributed by atoms with Gasteiger partial charge in [0.2, 0.25) is 0 Å². The van der Waals surface area contributed by atoms with Gasteiger partial charge in [-0.1, -0.05) is 74.5 Å². The van der Waals surface area contributed by atoms with Gasteiger partial charge >= 0.3 is 37.9 Å². The number of fused-ring (bicyclic) bond motifs is 2. The third kappa shape index (κ3) is 9.32. The first-order valence-electron chi connectivity index (χ1n) is 13.8. The molecule has 0 aliphatic carbocycles. The first-order valence-corrected chi connectivity index (χ1v) is 22.1. The van der Waals surface area contributed by atoms with E-state index < -0.39 is 20.8 Å². The van der Waals surface area contributed by atoms with Gasteiger partial charge in [0.15, 0.2) is 0 Å². The Morgan fingerprint density at radius 3 is 1.31 bits per heavy atom. The fourth-order valence-electron chi connectivity index (χ4n) is 4.82. The van der Waals surface area contributed by atoms with Crippen LogP contribution in [0.4, 0.5) is 8.78 Å². The summed E-state index contributed by atoms with van der Waals surface area (Å²) in [5.74, 6) is -0.376. The van der Waals surface area contributed by atoms with E-state index in [4.69, 9.17) is 17.0 Å². The molecule has 6 heteroatoms. The topological polar surface area (TPSA) is 0 Å². The van der Waals surface area contributed by atoms with E-state index in [1.165, 1.54) is 44.8 Å². The van der Waals surface area contributed by atoms with E-state index in [-0.39, 0.29) is 11.6 Å². The van der Waals surface area contributed by atoms with Crippen LogP contribution in [0, 0.1) is 11.6 Å². The fraction of sp³-hybridized carbons (Fsp3) is 0.167. The van der Waals surface area contributed by atoms with Crippen LogP contribution in [0.2, 0.25) is 13.1 Å². The zero-order chi connectivity index (χ0) is 30.5. The molecule has 0 heterocycles. The molecule has 0 N–H and O–H groups in total. The fourth-order valence-corrected chi connectivity index (χ4v) is 4.82. The van der Waals surface area contributed by atoms with Crippen molar-refractivity contribution >= 4 is 48.1 Å². The standard InChI is InChI=1S/2C17H14F.C2H6Si.2ClH.Zr/c2*1-2-12-9-13-6-4-8-16(17(13)10-12)14-5-3-7-15(18)11-14;1-3-2;;;/h2*3-11H,2H2,1H3;1-2H3;2*1H;/q2*-1;;;;+4/p-2. The summed E-state index contributed by atoms with van der Waals surface area (Å²) in [5, 5.41) is 4.88. The number of hydrogen-bond acceptors (Lipinski definition) is 0. The van der Waals surface area contributed by atoms with Crippen molar-refractivity contribution < 1.29 is 29.6 Å². The molecule has 0 saturated heterocycles. The molecule has 0 aliphatic heterocycles. The van der Waals surface area contributed by atoms with E-state index >= 15 is 0 Å². The number of halogens is 4. The zero-order valence-electron chi connectivity index (χ0n) is 24.3. The number of benzene rings is 4. The molecule has 0 saturated carbocycles. The van der Waals surface area contributed by atoms with Crippen LogP contribution in [0.3, 0.4) is 0 Å². The van der Waals surface area contributed by atoms with Crippen LogP contribution >= 0.6 is 17.0 Å². The Balaban J connectivity index is 0.000000195. The molecule has 0 amide bonds. The maximum atomic E-state index is 13.3. The van der Waals surface area contributed by atoms with Gasteiger partial charge in [0.25, 0.3) is 0 Å². The Morgan fingerprint density at radius 1 is 0.619 bits per heavy atom. The summed E-state index contributed by atoms with van der Waals surface area (Å²) in [5.41, 5.74) is 6.74. The minimum atomic E-state index is -0.826. The quantitative estimate of drug-likeness (QED) is 0.127. The van der Waals surface area contributed by atoms with Gasteiger partial charge in [-0.3, -0.25) is 0 Å². The summed E-state index contributed by atoms with van der Waals surface area (Å²) < 4.78 is 26.6. The van der Waals surface area contributed by atoms with Crippen LogP contribution in [0.15, 0.2) is 109 Å². The molecule has 0 aliphatic rings. The summed E-state index contributed by atoms with van der Waals surface area (Å²) in [7, 11) is 11.0. The van der Waals surface area contributed by atoms with Gasteiger partial charge in [-0.05, 0) is 48.2 Å². The van der Waals surface area contributed by atoms with Gasteiger partial charge in [0.05, 0.1) is 0 Å². The molecule has 6 rings (SSSR count). The molecule has 2 radical (unpaired) electrons. The third-order valence-corrected chi connectivity index (χ3v) is 6.71. The van der Waals surface area contributed by atoms with Crippen molar-refractivity contribution in [3.8, 4) is 22.3 Å². The zero-order valence-corrected chi connectivity index (χ0v) is 29.3. The number of hydrogen-bond donors (Lipinski definition) is 0. The summed E-state index contributed by atoms with van der Waals surface area (Å²) in [6.07, 6.45) is 2.05. The molecular formula is C36H34Cl2F2SiZr. The Labute approximate surface area is 269 Å². The van der Waals surface area contributed by atoms with Crippen LogP contribution in [0.5, 0.6) is 0 Å². The van der Waals surface area contributed by atoms with Gasteiger partial charge in [-0.15, -0.1) is 69.1 Å². The monoisotopic (exact) mass is 692 g/mol. The SMILES string of the molecule is CCc1cc2c(-c3cccc(F)c3)cccc2[cH-]1.CCc1cc2c(-c3cccc(F)c3)cccc2[cH-]1.C[Si]C.[Cl][Zr+2][Cl]. The predicted octanol–water partition coefficient (Wildman–Crippen LogP) is 12.0. The van der Waals surface area contributed by atoms with Crippen molar-refractivity contribution in [2.24, 2.45) is 0 Å². The third-order valence-electron chi connectivity index (χ3n) is 6.71. The summed E-state index contributed by atoms with van der Waals surface area (Å²) in [6, 6.07) is 34.8. The molecule has 0 unspecified atom stereocenters. The summed E-state index contributed by atoms with van der Waals surface area (Å²) in [6.45, 7) is 8.60. The second kappa shape index (κ2) is 17.7. The number of rotatable bonds is 4. The van der Waals surface area contributed by atoms with Crippen molar-refractivity contribution in [3.63, 3.8) is 0 Å². The van der Waals surface area contributed by atoms with Crippen molar-refractivity contribution in [3.05, 3.63) is 132 Å². The Hall–Kier alpha value is -2.36. The first-order chi connectivity index (χ1) is 20.4. The van der Waals surface area contributed by atoms with Gasteiger partial charge in [-0.2, -0.15) is 12.1 Å². The summed E-state index contributed by atoms with van der Waals surface area (Å²) in [4.78, 5) is 0. The van der Waals surface area contributed by atoms with Crippen molar-refractivity contribution in [2.45, 2.75) is 39.8 Å². The average molecular weight is 695 g/mol. The van der Waals surface area contributed by atoms with Crippen LogP contribution in [-0.4, -0.2) is 9.52 Å². The first kappa shape index (κ1) is 34.1. The number of aryl methyl sites for hydroxylation is 2. The molecule has 6 aromatic carbocycles. The second-order valence-corrected chi connectivity index (χ2v) is 14.4. The summed E-state index contributed by atoms with van der Waals surface area (Å²) >= 11 is -0.826. The van der Waals surface area contributed by atoms with Gasteiger partial charge in [-0.25, -0.2) is 8.78 Å². The molecular weight excluding hydrogens is 661 g/mol. The van der Waals surface area contributed by atoms with Crippen LogP contribution < -0.4 is 0 Å². The van der Waals surface area contributed by atoms with Gasteiger partial charge < -0.3 is 0 Å². The molecule has 0 atom stereocenters. The van der Waals surface area contributed by atoms with E-state index in [2.05, 4.69) is 75.5 Å². The predicted molar refractivity (Wildman–Crippen MR) is 178 cm³/mol. The van der Waals surface area contributed by atoms with Crippen LogP contribution in [-0.2, 0) is 33.7 Å². The van der Waals surface area contributed by atoms with Crippen molar-refractivity contribution in [1.29, 1.82) is 0 Å². The van der Waals surface area contributed by atoms with Gasteiger partial charge in [0, 0.05) is 9.52 Å². The normalized spacial score (nSPS) is 10.1. The maximum absolute atomic E-state index is 13.3. The van der Waals surface area contributed by atoms with Crippen molar-refractivity contribution in [2.75, 3.05) is 0 Å². The minimum absolute atomic E-state index is 0.188. The molecule has 0 bridgehead atoms. The Bertz CT molecular complexity index is 1560. The molecule has 214 valence electrons. The molecule has 0 fully saturated rings. The molecule has 0 spiro atoms. The Kier molecular flexibility index (Phi) is 14.4. The van der Waals surface area contributed by atoms with E-state index in [0.717, 1.165) is 44.6 Å². The average Bonchev–Trinajstić information content (AvgIpc) is 3.62. The van der Waals surface area contributed by atoms with E-state index in [9.17, 15) is 8.78 Å². The van der Waals surface area contributed by atoms with Crippen LogP contribution in [0.25, 0.3) is 43.8 Å². The Morgan fingerprint density at radius 2 is 0.976 bits per heavy atom. The van der Waals surface area contributed by atoms with E-state index in [1.807, 2.05) is 24.3 Å². The molecule has 0 nitrogen and oxygen atoms in total. The molecule has 42 heavy (non-hydrogen) atoms. The van der Waals surface area contributed by atoms with Crippen molar-refractivity contribution in [1.82, 2.24) is 0 Å². The van der Waals surface area contributed by atoms with Crippen LogP contribution in [0.1, 0.15) is 25.0 Å². The molecule has 6 aromatic rings.